The average molecular weight is 281 g/mol. The van der Waals surface area contributed by atoms with Gasteiger partial charge < -0.3 is 4.90 Å². The second-order valence-electron chi connectivity index (χ2n) is 4.83. The molecule has 0 saturated heterocycles. The van der Waals surface area contributed by atoms with Gasteiger partial charge in [-0.25, -0.2) is 5.84 Å². The number of hydrogen-bond acceptors (Lipinski definition) is 4. The number of nitrogens with two attached hydrogens (primary N) is 1. The SMILES string of the molecule is CC(C(=O)NN)c1ccc(CSCCN(C)C)cc1. The van der Waals surface area contributed by atoms with E-state index in [2.05, 4.69) is 36.6 Å². The number of rotatable bonds is 7. The van der Waals surface area contributed by atoms with Gasteiger partial charge in [-0.3, -0.25) is 10.2 Å². The lowest BCUT2D eigenvalue weighted by molar-refractivity contribution is -0.122. The van der Waals surface area contributed by atoms with E-state index in [1.165, 1.54) is 5.56 Å². The van der Waals surface area contributed by atoms with E-state index in [0.717, 1.165) is 23.6 Å². The van der Waals surface area contributed by atoms with Crippen LogP contribution in [0.15, 0.2) is 24.3 Å². The van der Waals surface area contributed by atoms with Crippen LogP contribution in [0.25, 0.3) is 0 Å². The summed E-state index contributed by atoms with van der Waals surface area (Å²) in [6.07, 6.45) is 0. The molecule has 0 radical (unpaired) electrons. The number of benzene rings is 1. The molecule has 1 unspecified atom stereocenters. The summed E-state index contributed by atoms with van der Waals surface area (Å²) in [5, 5.41) is 0. The molecule has 106 valence electrons. The van der Waals surface area contributed by atoms with Gasteiger partial charge in [-0.05, 0) is 32.1 Å². The maximum absolute atomic E-state index is 11.4. The van der Waals surface area contributed by atoms with Crippen LogP contribution in [0.5, 0.6) is 0 Å². The van der Waals surface area contributed by atoms with Crippen LogP contribution >= 0.6 is 11.8 Å². The first-order chi connectivity index (χ1) is 9.04. The molecule has 0 spiro atoms. The molecule has 0 heterocycles. The molecule has 1 aromatic rings. The minimum atomic E-state index is -0.208. The summed E-state index contributed by atoms with van der Waals surface area (Å²) in [7, 11) is 4.17. The van der Waals surface area contributed by atoms with Crippen LogP contribution in [0.2, 0.25) is 0 Å². The topological polar surface area (TPSA) is 58.4 Å². The number of hydrogen-bond donors (Lipinski definition) is 2. The number of thioether (sulfide) groups is 1. The van der Waals surface area contributed by atoms with Crippen molar-refractivity contribution in [3.05, 3.63) is 35.4 Å². The molecule has 0 saturated carbocycles. The third kappa shape index (κ3) is 5.63. The first-order valence-electron chi connectivity index (χ1n) is 6.36. The van der Waals surface area contributed by atoms with Gasteiger partial charge in [0.2, 0.25) is 5.91 Å². The number of carbonyl (C=O) groups is 1. The fourth-order valence-corrected chi connectivity index (χ4v) is 2.68. The Morgan fingerprint density at radius 1 is 1.37 bits per heavy atom. The summed E-state index contributed by atoms with van der Waals surface area (Å²) in [5.74, 6) is 6.90. The van der Waals surface area contributed by atoms with Crippen LogP contribution < -0.4 is 11.3 Å². The molecule has 0 aliphatic heterocycles. The average Bonchev–Trinajstić information content (AvgIpc) is 2.42. The lowest BCUT2D eigenvalue weighted by Gasteiger charge is -2.11. The van der Waals surface area contributed by atoms with E-state index in [1.54, 1.807) is 0 Å². The van der Waals surface area contributed by atoms with Crippen molar-refractivity contribution in [2.75, 3.05) is 26.4 Å². The highest BCUT2D eigenvalue weighted by Gasteiger charge is 2.13. The fraction of sp³-hybridized carbons (Fsp3) is 0.500. The molecule has 0 fully saturated rings. The van der Waals surface area contributed by atoms with E-state index in [1.807, 2.05) is 30.8 Å². The number of nitrogens with one attached hydrogen (secondary N) is 1. The largest absolute Gasteiger partial charge is 0.309 e. The minimum absolute atomic E-state index is 0.159. The van der Waals surface area contributed by atoms with Gasteiger partial charge in [0.25, 0.3) is 0 Å². The van der Waals surface area contributed by atoms with E-state index in [0.29, 0.717) is 0 Å². The van der Waals surface area contributed by atoms with Crippen LogP contribution in [-0.2, 0) is 10.5 Å². The third-order valence-corrected chi connectivity index (χ3v) is 3.98. The Balaban J connectivity index is 2.45. The van der Waals surface area contributed by atoms with E-state index in [-0.39, 0.29) is 11.8 Å². The quantitative estimate of drug-likeness (QED) is 0.345. The predicted octanol–water partition coefficient (Wildman–Crippen LogP) is 1.57. The van der Waals surface area contributed by atoms with Gasteiger partial charge in [-0.1, -0.05) is 24.3 Å². The number of carbonyl (C=O) groups excluding carboxylic acids is 1. The van der Waals surface area contributed by atoms with Crippen LogP contribution in [0.3, 0.4) is 0 Å². The van der Waals surface area contributed by atoms with E-state index < -0.39 is 0 Å². The molecule has 5 heteroatoms. The van der Waals surface area contributed by atoms with Gasteiger partial charge in [-0.2, -0.15) is 11.8 Å². The van der Waals surface area contributed by atoms with Gasteiger partial charge in [0.05, 0.1) is 5.92 Å². The van der Waals surface area contributed by atoms with Gasteiger partial charge in [-0.15, -0.1) is 0 Å². The summed E-state index contributed by atoms with van der Waals surface area (Å²) in [6.45, 7) is 2.94. The lowest BCUT2D eigenvalue weighted by Crippen LogP contribution is -2.33. The number of amides is 1. The number of hydrazine groups is 1. The first kappa shape index (κ1) is 16.0. The molecule has 1 rings (SSSR count). The van der Waals surface area contributed by atoms with Gasteiger partial charge in [0.1, 0.15) is 0 Å². The van der Waals surface area contributed by atoms with E-state index in [9.17, 15) is 4.79 Å². The summed E-state index contributed by atoms with van der Waals surface area (Å²) in [6, 6.07) is 8.17. The first-order valence-corrected chi connectivity index (χ1v) is 7.52. The van der Waals surface area contributed by atoms with Crippen LogP contribution in [0, 0.1) is 0 Å². The molecule has 0 bridgehead atoms. The van der Waals surface area contributed by atoms with Crippen molar-refractivity contribution >= 4 is 17.7 Å². The number of nitrogens with zero attached hydrogens (tertiary/aromatic N) is 1. The summed E-state index contributed by atoms with van der Waals surface area (Å²) >= 11 is 1.92. The standard InChI is InChI=1S/C14H23N3OS/c1-11(14(18)16-15)13-6-4-12(5-7-13)10-19-9-8-17(2)3/h4-7,11H,8-10,15H2,1-3H3,(H,16,18). The van der Waals surface area contributed by atoms with Crippen molar-refractivity contribution in [3.8, 4) is 0 Å². The van der Waals surface area contributed by atoms with Crippen molar-refractivity contribution in [2.45, 2.75) is 18.6 Å². The third-order valence-electron chi connectivity index (χ3n) is 2.97. The summed E-state index contributed by atoms with van der Waals surface area (Å²) in [5.41, 5.74) is 4.46. The smallest absolute Gasteiger partial charge is 0.241 e. The zero-order valence-electron chi connectivity index (χ0n) is 11.8. The molecular formula is C14H23N3OS. The molecule has 1 amide bonds. The Kier molecular flexibility index (Phi) is 6.91. The van der Waals surface area contributed by atoms with Crippen LogP contribution in [0.1, 0.15) is 24.0 Å². The highest BCUT2D eigenvalue weighted by Crippen LogP contribution is 2.18. The van der Waals surface area contributed by atoms with E-state index in [4.69, 9.17) is 5.84 Å². The Morgan fingerprint density at radius 3 is 2.53 bits per heavy atom. The second-order valence-corrected chi connectivity index (χ2v) is 5.93. The summed E-state index contributed by atoms with van der Waals surface area (Å²) in [4.78, 5) is 13.6. The normalized spacial score (nSPS) is 12.5. The molecule has 1 atom stereocenters. The van der Waals surface area contributed by atoms with Crippen molar-refractivity contribution in [3.63, 3.8) is 0 Å². The molecule has 4 nitrogen and oxygen atoms in total. The Labute approximate surface area is 119 Å². The second kappa shape index (κ2) is 8.19. The molecule has 0 aliphatic rings. The predicted molar refractivity (Wildman–Crippen MR) is 81.9 cm³/mol. The monoisotopic (exact) mass is 281 g/mol. The summed E-state index contributed by atoms with van der Waals surface area (Å²) < 4.78 is 0. The highest BCUT2D eigenvalue weighted by atomic mass is 32.2. The van der Waals surface area contributed by atoms with Crippen LogP contribution in [0.4, 0.5) is 0 Å². The Morgan fingerprint density at radius 2 is 2.00 bits per heavy atom. The maximum atomic E-state index is 11.4. The zero-order valence-corrected chi connectivity index (χ0v) is 12.7. The van der Waals surface area contributed by atoms with Crippen molar-refractivity contribution in [2.24, 2.45) is 5.84 Å². The van der Waals surface area contributed by atoms with E-state index >= 15 is 0 Å². The highest BCUT2D eigenvalue weighted by molar-refractivity contribution is 7.98. The molecule has 3 N–H and O–H groups in total. The fourth-order valence-electron chi connectivity index (χ4n) is 1.62. The van der Waals surface area contributed by atoms with Crippen molar-refractivity contribution in [1.82, 2.24) is 10.3 Å². The van der Waals surface area contributed by atoms with Gasteiger partial charge >= 0.3 is 0 Å². The molecule has 19 heavy (non-hydrogen) atoms. The zero-order chi connectivity index (χ0) is 14.3. The van der Waals surface area contributed by atoms with Gasteiger partial charge in [0.15, 0.2) is 0 Å². The molecule has 0 aliphatic carbocycles. The maximum Gasteiger partial charge on any atom is 0.241 e. The molecular weight excluding hydrogens is 258 g/mol. The molecule has 0 aromatic heterocycles. The Hall–Kier alpha value is -1.04. The van der Waals surface area contributed by atoms with Crippen molar-refractivity contribution < 1.29 is 4.79 Å². The van der Waals surface area contributed by atoms with Gasteiger partial charge in [0, 0.05) is 18.1 Å². The Bertz CT molecular complexity index is 392. The van der Waals surface area contributed by atoms with Crippen LogP contribution in [-0.4, -0.2) is 37.2 Å². The van der Waals surface area contributed by atoms with Crippen molar-refractivity contribution in [1.29, 1.82) is 0 Å². The minimum Gasteiger partial charge on any atom is -0.309 e. The lowest BCUT2D eigenvalue weighted by atomic mass is 10.00. The molecule has 1 aromatic carbocycles.